The molecule has 4 rings (SSSR count). The highest BCUT2D eigenvalue weighted by Crippen LogP contribution is 2.65. The molecular formula is C24H18Cl5N3O2. The van der Waals surface area contributed by atoms with Crippen molar-refractivity contribution in [3.63, 3.8) is 0 Å². The van der Waals surface area contributed by atoms with E-state index in [0.717, 1.165) is 5.56 Å². The lowest BCUT2D eigenvalue weighted by atomic mass is 10.1. The largest absolute Gasteiger partial charge is 0.399 e. The predicted molar refractivity (Wildman–Crippen MR) is 141 cm³/mol. The monoisotopic (exact) mass is 555 g/mol. The zero-order valence-electron chi connectivity index (χ0n) is 17.6. The summed E-state index contributed by atoms with van der Waals surface area (Å²) in [6.07, 6.45) is 0. The lowest BCUT2D eigenvalue weighted by Crippen LogP contribution is -2.18. The van der Waals surface area contributed by atoms with Crippen molar-refractivity contribution < 1.29 is 9.59 Å². The van der Waals surface area contributed by atoms with Crippen molar-refractivity contribution in [3.8, 4) is 0 Å². The second-order valence-electron chi connectivity index (χ2n) is 8.05. The third-order valence-electron chi connectivity index (χ3n) is 5.56. The zero-order valence-corrected chi connectivity index (χ0v) is 21.4. The van der Waals surface area contributed by atoms with E-state index < -0.39 is 28.0 Å². The van der Waals surface area contributed by atoms with Gasteiger partial charge >= 0.3 is 0 Å². The van der Waals surface area contributed by atoms with Gasteiger partial charge in [-0.25, -0.2) is 0 Å². The summed E-state index contributed by atoms with van der Waals surface area (Å²) < 4.78 is -1.32. The first kappa shape index (κ1) is 25.0. The molecule has 0 heterocycles. The smallest absolute Gasteiger partial charge is 0.257 e. The molecule has 1 unspecified atom stereocenters. The molecule has 0 radical (unpaired) electrons. The molecule has 2 atom stereocenters. The number of carbonyl (C=O) groups excluding carboxylic acids is 2. The van der Waals surface area contributed by atoms with Crippen LogP contribution in [-0.2, 0) is 4.79 Å². The normalized spacial score (nSPS) is 18.3. The molecule has 1 saturated carbocycles. The first-order valence-corrected chi connectivity index (χ1v) is 12.0. The number of nitrogens with two attached hydrogens (primary N) is 1. The average Bonchev–Trinajstić information content (AvgIpc) is 3.33. The molecule has 0 bridgehead atoms. The van der Waals surface area contributed by atoms with E-state index in [2.05, 4.69) is 10.6 Å². The number of carbonyl (C=O) groups is 2. The lowest BCUT2D eigenvalue weighted by Gasteiger charge is -2.12. The zero-order chi connectivity index (χ0) is 24.8. The molecule has 10 heteroatoms. The second-order valence-corrected chi connectivity index (χ2v) is 10.8. The molecule has 2 amide bonds. The Hall–Kier alpha value is -2.15. The van der Waals surface area contributed by atoms with E-state index in [0.29, 0.717) is 32.7 Å². The summed E-state index contributed by atoms with van der Waals surface area (Å²) >= 11 is 31.3. The van der Waals surface area contributed by atoms with Gasteiger partial charge < -0.3 is 16.4 Å². The van der Waals surface area contributed by atoms with Gasteiger partial charge in [0.15, 0.2) is 0 Å². The van der Waals surface area contributed by atoms with Crippen LogP contribution in [0, 0.1) is 12.8 Å². The van der Waals surface area contributed by atoms with Crippen LogP contribution >= 0.6 is 58.0 Å². The van der Waals surface area contributed by atoms with Crippen molar-refractivity contribution in [1.29, 1.82) is 0 Å². The van der Waals surface area contributed by atoms with Gasteiger partial charge in [-0.1, -0.05) is 34.8 Å². The molecule has 1 aliphatic rings. The van der Waals surface area contributed by atoms with Crippen molar-refractivity contribution in [2.24, 2.45) is 5.92 Å². The fourth-order valence-corrected chi connectivity index (χ4v) is 5.41. The van der Waals surface area contributed by atoms with E-state index in [1.807, 2.05) is 6.92 Å². The van der Waals surface area contributed by atoms with Crippen molar-refractivity contribution in [1.82, 2.24) is 0 Å². The first-order valence-electron chi connectivity index (χ1n) is 10.1. The molecule has 1 aliphatic carbocycles. The number of hydrogen-bond acceptors (Lipinski definition) is 3. The van der Waals surface area contributed by atoms with Gasteiger partial charge in [-0.3, -0.25) is 9.59 Å². The molecule has 0 aliphatic heterocycles. The Morgan fingerprint density at radius 1 is 0.912 bits per heavy atom. The molecule has 5 nitrogen and oxygen atoms in total. The van der Waals surface area contributed by atoms with Crippen LogP contribution in [-0.4, -0.2) is 16.1 Å². The van der Waals surface area contributed by atoms with Gasteiger partial charge in [-0.2, -0.15) is 0 Å². The van der Waals surface area contributed by atoms with E-state index in [1.54, 1.807) is 42.5 Å². The second kappa shape index (κ2) is 9.48. The number of rotatable bonds is 5. The number of aryl methyl sites for hydroxylation is 1. The van der Waals surface area contributed by atoms with Gasteiger partial charge in [0.2, 0.25) is 5.91 Å². The lowest BCUT2D eigenvalue weighted by molar-refractivity contribution is -0.117. The third-order valence-corrected chi connectivity index (χ3v) is 7.26. The van der Waals surface area contributed by atoms with E-state index >= 15 is 0 Å². The Kier molecular flexibility index (Phi) is 6.96. The van der Waals surface area contributed by atoms with Crippen LogP contribution in [0.5, 0.6) is 0 Å². The van der Waals surface area contributed by atoms with Crippen LogP contribution in [0.15, 0.2) is 54.6 Å². The van der Waals surface area contributed by atoms with Gasteiger partial charge in [0.1, 0.15) is 4.33 Å². The number of halogens is 5. The highest BCUT2D eigenvalue weighted by Gasteiger charge is 2.67. The SMILES string of the molecule is Cc1cc(N)ccc1NC(=O)c1cc(NC(=O)C2[C@H](c3cc(Cl)cc(Cl)c3)C2(Cl)Cl)ccc1Cl. The van der Waals surface area contributed by atoms with Crippen molar-refractivity contribution >= 4 is 86.9 Å². The molecule has 34 heavy (non-hydrogen) atoms. The van der Waals surface area contributed by atoms with E-state index in [9.17, 15) is 9.59 Å². The number of anilines is 3. The Balaban J connectivity index is 1.52. The van der Waals surface area contributed by atoms with Crippen molar-refractivity contribution in [2.45, 2.75) is 17.2 Å². The van der Waals surface area contributed by atoms with Crippen molar-refractivity contribution in [3.05, 3.63) is 86.4 Å². The Labute approximate surface area is 221 Å². The average molecular weight is 558 g/mol. The van der Waals surface area contributed by atoms with Gasteiger partial charge in [0.25, 0.3) is 5.91 Å². The Bertz CT molecular complexity index is 1290. The van der Waals surface area contributed by atoms with Gasteiger partial charge in [-0.15, -0.1) is 23.2 Å². The van der Waals surface area contributed by atoms with Gasteiger partial charge in [0, 0.05) is 33.0 Å². The maximum absolute atomic E-state index is 13.0. The number of alkyl halides is 2. The van der Waals surface area contributed by atoms with Crippen LogP contribution in [0.1, 0.15) is 27.4 Å². The molecule has 3 aromatic carbocycles. The fourth-order valence-electron chi connectivity index (χ4n) is 3.84. The standard InChI is InChI=1S/C24H18Cl5N3O2/c1-11-6-15(30)2-5-19(11)32-22(33)17-10-16(3-4-18(17)27)31-23(34)21-20(24(21,28)29)12-7-13(25)9-14(26)8-12/h2-10,20-21H,30H2,1H3,(H,31,34)(H,32,33)/t20-,21?/m0/s1. The number of hydrogen-bond donors (Lipinski definition) is 3. The molecule has 0 aromatic heterocycles. The van der Waals surface area contributed by atoms with Gasteiger partial charge in [0.05, 0.1) is 16.5 Å². The maximum Gasteiger partial charge on any atom is 0.257 e. The van der Waals surface area contributed by atoms with Crippen LogP contribution in [0.3, 0.4) is 0 Å². The van der Waals surface area contributed by atoms with Crippen LogP contribution in [0.25, 0.3) is 0 Å². The molecule has 4 N–H and O–H groups in total. The summed E-state index contributed by atoms with van der Waals surface area (Å²) in [6, 6.07) is 14.7. The van der Waals surface area contributed by atoms with Crippen LogP contribution in [0.4, 0.5) is 17.1 Å². The Morgan fingerprint density at radius 3 is 2.24 bits per heavy atom. The first-order chi connectivity index (χ1) is 16.0. The Morgan fingerprint density at radius 2 is 1.59 bits per heavy atom. The van der Waals surface area contributed by atoms with E-state index in [-0.39, 0.29) is 10.6 Å². The number of nitrogens with one attached hydrogen (secondary N) is 2. The quantitative estimate of drug-likeness (QED) is 0.227. The summed E-state index contributed by atoms with van der Waals surface area (Å²) in [6.45, 7) is 1.83. The highest BCUT2D eigenvalue weighted by molar-refractivity contribution is 6.53. The molecular weight excluding hydrogens is 540 g/mol. The summed E-state index contributed by atoms with van der Waals surface area (Å²) in [4.78, 5) is 25.8. The van der Waals surface area contributed by atoms with E-state index in [4.69, 9.17) is 63.7 Å². The fraction of sp³-hybridized carbons (Fsp3) is 0.167. The number of nitrogen functional groups attached to an aromatic ring is 1. The number of amides is 2. The number of benzene rings is 3. The highest BCUT2D eigenvalue weighted by atomic mass is 35.5. The summed E-state index contributed by atoms with van der Waals surface area (Å²) in [5.74, 6) is -2.07. The molecule has 176 valence electrons. The minimum Gasteiger partial charge on any atom is -0.399 e. The molecule has 0 spiro atoms. The molecule has 3 aromatic rings. The molecule has 0 saturated heterocycles. The minimum absolute atomic E-state index is 0.188. The van der Waals surface area contributed by atoms with Crippen LogP contribution in [0.2, 0.25) is 15.1 Å². The molecule has 1 fully saturated rings. The topological polar surface area (TPSA) is 84.2 Å². The van der Waals surface area contributed by atoms with E-state index in [1.165, 1.54) is 12.1 Å². The predicted octanol–water partition coefficient (Wildman–Crippen LogP) is 7.32. The minimum atomic E-state index is -1.32. The maximum atomic E-state index is 13.0. The summed E-state index contributed by atoms with van der Waals surface area (Å²) in [5, 5.41) is 6.63. The van der Waals surface area contributed by atoms with Gasteiger partial charge in [-0.05, 0) is 72.6 Å². The third kappa shape index (κ3) is 5.09. The summed E-state index contributed by atoms with van der Waals surface area (Å²) in [5.41, 5.74) is 8.97. The summed E-state index contributed by atoms with van der Waals surface area (Å²) in [7, 11) is 0. The van der Waals surface area contributed by atoms with Crippen molar-refractivity contribution in [2.75, 3.05) is 16.4 Å². The van der Waals surface area contributed by atoms with Crippen LogP contribution < -0.4 is 16.4 Å².